The fourth-order valence-corrected chi connectivity index (χ4v) is 2.87. The number of nitrogens with zero attached hydrogens (tertiary/aromatic N) is 3. The predicted octanol–water partition coefficient (Wildman–Crippen LogP) is 1.70. The second-order valence-electron chi connectivity index (χ2n) is 5.39. The zero-order chi connectivity index (χ0) is 15.2. The topological polar surface area (TPSA) is 75.5 Å². The zero-order valence-electron chi connectivity index (χ0n) is 12.7. The minimum absolute atomic E-state index is 0.0626. The summed E-state index contributed by atoms with van der Waals surface area (Å²) in [7, 11) is 1.32. The van der Waals surface area contributed by atoms with Gasteiger partial charge in [-0.3, -0.25) is 0 Å². The van der Waals surface area contributed by atoms with Crippen molar-refractivity contribution in [3.63, 3.8) is 0 Å². The van der Waals surface area contributed by atoms with Crippen LogP contribution in [0.5, 0.6) is 0 Å². The van der Waals surface area contributed by atoms with Gasteiger partial charge in [0.05, 0.1) is 13.7 Å². The number of aromatic nitrogens is 2. The molecule has 2 rings (SSSR count). The highest BCUT2D eigenvalue weighted by atomic mass is 16.5. The molecule has 21 heavy (non-hydrogen) atoms. The number of anilines is 1. The normalized spacial score (nSPS) is 15.8. The Morgan fingerprint density at radius 1 is 1.38 bits per heavy atom. The van der Waals surface area contributed by atoms with E-state index in [-0.39, 0.29) is 12.4 Å². The van der Waals surface area contributed by atoms with E-state index in [0.717, 1.165) is 18.5 Å². The van der Waals surface area contributed by atoms with Crippen molar-refractivity contribution in [3.05, 3.63) is 17.6 Å². The zero-order valence-corrected chi connectivity index (χ0v) is 12.7. The van der Waals surface area contributed by atoms with Crippen LogP contribution in [-0.4, -0.2) is 47.3 Å². The lowest BCUT2D eigenvalue weighted by Crippen LogP contribution is -2.39. The molecular formula is C15H23N3O3. The van der Waals surface area contributed by atoms with E-state index in [4.69, 9.17) is 4.74 Å². The first-order chi connectivity index (χ1) is 10.2. The Labute approximate surface area is 125 Å². The maximum absolute atomic E-state index is 11.7. The average molecular weight is 293 g/mol. The van der Waals surface area contributed by atoms with E-state index in [1.54, 1.807) is 0 Å². The molecule has 1 N–H and O–H groups in total. The Bertz CT molecular complexity index is 487. The van der Waals surface area contributed by atoms with Crippen molar-refractivity contribution >= 4 is 11.8 Å². The van der Waals surface area contributed by atoms with Crippen molar-refractivity contribution in [2.24, 2.45) is 0 Å². The molecule has 1 fully saturated rings. The molecule has 6 heteroatoms. The number of carbonyl (C=O) groups is 1. The second-order valence-corrected chi connectivity index (χ2v) is 5.39. The number of aliphatic hydroxyl groups excluding tert-OH is 1. The number of hydrogen-bond donors (Lipinski definition) is 1. The Morgan fingerprint density at radius 3 is 2.71 bits per heavy atom. The van der Waals surface area contributed by atoms with Crippen molar-refractivity contribution < 1.29 is 14.6 Å². The molecule has 0 atom stereocenters. The van der Waals surface area contributed by atoms with Crippen LogP contribution in [0.2, 0.25) is 0 Å². The first kappa shape index (κ1) is 15.7. The highest BCUT2D eigenvalue weighted by Gasteiger charge is 2.23. The van der Waals surface area contributed by atoms with Crippen molar-refractivity contribution in [3.8, 4) is 0 Å². The van der Waals surface area contributed by atoms with Gasteiger partial charge in [-0.1, -0.05) is 19.3 Å². The summed E-state index contributed by atoms with van der Waals surface area (Å²) in [4.78, 5) is 22.2. The lowest BCUT2D eigenvalue weighted by molar-refractivity contribution is 0.0586. The van der Waals surface area contributed by atoms with Crippen LogP contribution in [0.15, 0.2) is 6.07 Å². The molecule has 1 aromatic heterocycles. The number of aliphatic hydroxyl groups is 1. The summed E-state index contributed by atoms with van der Waals surface area (Å²) in [5, 5.41) is 9.35. The molecule has 1 aliphatic carbocycles. The predicted molar refractivity (Wildman–Crippen MR) is 79.4 cm³/mol. The van der Waals surface area contributed by atoms with E-state index in [9.17, 15) is 9.90 Å². The van der Waals surface area contributed by atoms with Crippen molar-refractivity contribution in [1.29, 1.82) is 0 Å². The van der Waals surface area contributed by atoms with E-state index >= 15 is 0 Å². The van der Waals surface area contributed by atoms with Crippen molar-refractivity contribution in [2.45, 2.75) is 45.1 Å². The fourth-order valence-electron chi connectivity index (χ4n) is 2.87. The Morgan fingerprint density at radius 2 is 2.10 bits per heavy atom. The summed E-state index contributed by atoms with van der Waals surface area (Å²) in [5.41, 5.74) is 0.721. The Kier molecular flexibility index (Phi) is 5.50. The molecule has 0 saturated heterocycles. The first-order valence-corrected chi connectivity index (χ1v) is 7.47. The Balaban J connectivity index is 2.30. The summed E-state index contributed by atoms with van der Waals surface area (Å²) in [6, 6.07) is 2.22. The first-order valence-electron chi connectivity index (χ1n) is 7.47. The molecule has 1 heterocycles. The minimum atomic E-state index is -0.535. The number of aryl methyl sites for hydroxylation is 1. The van der Waals surface area contributed by atoms with Crippen LogP contribution >= 0.6 is 0 Å². The van der Waals surface area contributed by atoms with Crippen LogP contribution in [0.3, 0.4) is 0 Å². The second kappa shape index (κ2) is 7.36. The van der Waals surface area contributed by atoms with Gasteiger partial charge < -0.3 is 14.7 Å². The number of carbonyl (C=O) groups excluding carboxylic acids is 1. The van der Waals surface area contributed by atoms with Gasteiger partial charge in [0.2, 0.25) is 5.82 Å². The number of ether oxygens (including phenoxy) is 1. The van der Waals surface area contributed by atoms with E-state index < -0.39 is 5.97 Å². The number of hydrogen-bond acceptors (Lipinski definition) is 6. The minimum Gasteiger partial charge on any atom is -0.463 e. The monoisotopic (exact) mass is 293 g/mol. The largest absolute Gasteiger partial charge is 0.463 e. The highest BCUT2D eigenvalue weighted by Crippen LogP contribution is 2.26. The molecule has 0 bridgehead atoms. The molecule has 1 saturated carbocycles. The van der Waals surface area contributed by atoms with Gasteiger partial charge in [0.15, 0.2) is 0 Å². The van der Waals surface area contributed by atoms with Gasteiger partial charge in [-0.15, -0.1) is 0 Å². The molecule has 1 aromatic rings. The Hall–Kier alpha value is -1.69. The van der Waals surface area contributed by atoms with Crippen LogP contribution in [-0.2, 0) is 4.74 Å². The third-order valence-electron chi connectivity index (χ3n) is 3.86. The summed E-state index contributed by atoms with van der Waals surface area (Å²) >= 11 is 0. The van der Waals surface area contributed by atoms with Crippen molar-refractivity contribution in [2.75, 3.05) is 25.2 Å². The summed E-state index contributed by atoms with van der Waals surface area (Å²) < 4.78 is 4.70. The smallest absolute Gasteiger partial charge is 0.376 e. The van der Waals surface area contributed by atoms with Crippen molar-refractivity contribution in [1.82, 2.24) is 9.97 Å². The van der Waals surface area contributed by atoms with Crippen LogP contribution in [0, 0.1) is 6.92 Å². The number of esters is 1. The third kappa shape index (κ3) is 3.91. The van der Waals surface area contributed by atoms with E-state index in [0.29, 0.717) is 18.4 Å². The molecule has 116 valence electrons. The van der Waals surface area contributed by atoms with Gasteiger partial charge in [-0.25, -0.2) is 14.8 Å². The van der Waals surface area contributed by atoms with E-state index in [1.165, 1.54) is 26.4 Å². The number of rotatable bonds is 5. The maximum Gasteiger partial charge on any atom is 0.376 e. The summed E-state index contributed by atoms with van der Waals surface area (Å²) in [6.45, 7) is 2.41. The van der Waals surface area contributed by atoms with Crippen LogP contribution in [0.25, 0.3) is 0 Å². The van der Waals surface area contributed by atoms with Gasteiger partial charge in [0.25, 0.3) is 0 Å². The standard InChI is InChI=1S/C15H23N3O3/c1-11-10-13(17-14(16-11)15(20)21-2)18(8-9-19)12-6-4-3-5-7-12/h10,12,19H,3-9H2,1-2H3. The molecule has 0 spiro atoms. The molecule has 0 unspecified atom stereocenters. The summed E-state index contributed by atoms with van der Waals surface area (Å²) in [5.74, 6) is 0.239. The quantitative estimate of drug-likeness (QED) is 0.833. The summed E-state index contributed by atoms with van der Waals surface area (Å²) in [6.07, 6.45) is 5.84. The van der Waals surface area contributed by atoms with Gasteiger partial charge in [-0.05, 0) is 19.8 Å². The lowest BCUT2D eigenvalue weighted by Gasteiger charge is -2.35. The molecular weight excluding hydrogens is 270 g/mol. The molecule has 6 nitrogen and oxygen atoms in total. The number of methoxy groups -OCH3 is 1. The lowest BCUT2D eigenvalue weighted by atomic mass is 9.94. The van der Waals surface area contributed by atoms with Gasteiger partial charge in [0.1, 0.15) is 5.82 Å². The molecule has 1 aliphatic rings. The molecule has 0 amide bonds. The molecule has 0 aliphatic heterocycles. The SMILES string of the molecule is COC(=O)c1nc(C)cc(N(CCO)C2CCCCC2)n1. The van der Waals surface area contributed by atoms with Crippen LogP contribution in [0.4, 0.5) is 5.82 Å². The van der Waals surface area contributed by atoms with Gasteiger partial charge in [0, 0.05) is 24.3 Å². The van der Waals surface area contributed by atoms with E-state index in [1.807, 2.05) is 13.0 Å². The van der Waals surface area contributed by atoms with Gasteiger partial charge >= 0.3 is 5.97 Å². The maximum atomic E-state index is 11.7. The molecule has 0 aromatic carbocycles. The highest BCUT2D eigenvalue weighted by molar-refractivity contribution is 5.85. The van der Waals surface area contributed by atoms with E-state index in [2.05, 4.69) is 14.9 Å². The van der Waals surface area contributed by atoms with Gasteiger partial charge in [-0.2, -0.15) is 0 Å². The fraction of sp³-hybridized carbons (Fsp3) is 0.667. The third-order valence-corrected chi connectivity index (χ3v) is 3.86. The molecule has 0 radical (unpaired) electrons. The van der Waals surface area contributed by atoms with Crippen LogP contribution < -0.4 is 4.90 Å². The van der Waals surface area contributed by atoms with Crippen LogP contribution in [0.1, 0.15) is 48.4 Å². The average Bonchev–Trinajstić information content (AvgIpc) is 2.52.